The van der Waals surface area contributed by atoms with Crippen molar-refractivity contribution >= 4 is 138 Å². The highest BCUT2D eigenvalue weighted by molar-refractivity contribution is 7.20. The maximum absolute atomic E-state index is 5.40. The molecule has 0 aliphatic heterocycles. The van der Waals surface area contributed by atoms with Crippen molar-refractivity contribution in [2.45, 2.75) is 14.9 Å². The number of fused-ring (bicyclic) bond motifs is 15. The number of aromatic nitrogens is 11. The van der Waals surface area contributed by atoms with Gasteiger partial charge in [0.25, 0.3) is 0 Å². The summed E-state index contributed by atoms with van der Waals surface area (Å²) >= 11 is 0. The summed E-state index contributed by atoms with van der Waals surface area (Å²) < 4.78 is 11.1. The first-order valence-electron chi connectivity index (χ1n) is 36.4. The van der Waals surface area contributed by atoms with Gasteiger partial charge in [-0.25, -0.2) is 0 Å². The van der Waals surface area contributed by atoms with Crippen LogP contribution in [-0.4, -0.2) is 60.8 Å². The molecule has 0 saturated heterocycles. The topological polar surface area (TPSA) is 102 Å². The smallest absolute Gasteiger partial charge is 0.240 e. The Balaban J connectivity index is 0.000000147. The zero-order chi connectivity index (χ0) is 71.2. The van der Waals surface area contributed by atoms with Gasteiger partial charge in [0.15, 0.2) is 19.7 Å². The van der Waals surface area contributed by atoms with E-state index in [1.807, 2.05) is 0 Å². The van der Waals surface area contributed by atoms with Crippen molar-refractivity contribution in [2.75, 3.05) is 0 Å². The molecule has 11 nitrogen and oxygen atoms in total. The predicted octanol–water partition coefficient (Wildman–Crippen LogP) is 21.2. The second-order valence-electron chi connectivity index (χ2n) is 27.3. The highest BCUT2D eigenvalue weighted by Crippen LogP contribution is 2.40. The standard InChI is InChI=1S/C51H35N5Si.C45H28N6.2CH4/c1-4-20-37(21-5-1)57(38-22-6-2-7-23-38,39-24-8-3-9-25-39)40-26-18-19-36(35-40)49-52-50(55-45-31-14-10-27-41(45)42-28-11-15-32-46(42)55)54-51(53-49)56-47-33-16-12-29-43(47)44-30-13-17-34-48(44)56;1-8-22-36-29(15-1)30-16-2-9-23-37(30)49(36)42-28-14-7-21-35(42)43-46-44(50-38-24-10-3-17-31(38)32-18-4-11-25-39(32)50)48-45(47-43)51-40-26-12-5-19-33(40)34-20-6-13-27-41(34)51;;/h1-35H;1-28H;2*1H4. The third-order valence-electron chi connectivity index (χ3n) is 21.5. The molecule has 0 unspecified atom stereocenters. The minimum absolute atomic E-state index is 0. The molecule has 0 saturated carbocycles. The lowest BCUT2D eigenvalue weighted by molar-refractivity contribution is 0.891. The SMILES string of the molecule is C.C.c1ccc(-n2c3ccccc3c3ccccc32)c(-c2nc(-n3c4ccccc4c4ccccc43)nc(-n3c4ccccc4c4ccccc43)n2)c1.c1ccc([Si](c2ccccc2)(c2ccccc2)c2cccc(-c3nc(-n4c5ccccc5c5ccccc54)nc(-n4c5ccccc5c5ccccc54)n3)c2)cc1. The molecule has 22 aromatic rings. The van der Waals surface area contributed by atoms with Crippen molar-refractivity contribution in [1.82, 2.24) is 52.7 Å². The van der Waals surface area contributed by atoms with Crippen LogP contribution in [0.2, 0.25) is 0 Å². The first-order chi connectivity index (χ1) is 53.6. The Morgan fingerprint density at radius 2 is 0.409 bits per heavy atom. The molecule has 0 fully saturated rings. The first-order valence-corrected chi connectivity index (χ1v) is 38.4. The molecule has 0 aliphatic rings. The Bertz CT molecular complexity index is 6650. The average Bonchev–Trinajstić information content (AvgIpc) is 0.972. The lowest BCUT2D eigenvalue weighted by Crippen LogP contribution is -2.74. The third kappa shape index (κ3) is 10.5. The summed E-state index contributed by atoms with van der Waals surface area (Å²) in [4.78, 5) is 32.2. The molecule has 7 heterocycles. The largest absolute Gasteiger partial charge is 0.309 e. The van der Waals surface area contributed by atoms with Crippen molar-refractivity contribution in [3.63, 3.8) is 0 Å². The molecule has 15 aromatic carbocycles. The van der Waals surface area contributed by atoms with Crippen LogP contribution in [0.15, 0.2) is 382 Å². The van der Waals surface area contributed by atoms with Crippen LogP contribution in [0.5, 0.6) is 0 Å². The van der Waals surface area contributed by atoms with E-state index in [0.717, 1.165) is 115 Å². The molecule has 0 bridgehead atoms. The summed E-state index contributed by atoms with van der Waals surface area (Å²) in [6, 6.07) is 136. The van der Waals surface area contributed by atoms with Gasteiger partial charge in [-0.05, 0) is 93.5 Å². The van der Waals surface area contributed by atoms with Crippen LogP contribution in [0.1, 0.15) is 14.9 Å². The molecule has 0 spiro atoms. The van der Waals surface area contributed by atoms with Gasteiger partial charge in [0.2, 0.25) is 23.8 Å². The number of hydrogen-bond acceptors (Lipinski definition) is 6. The first kappa shape index (κ1) is 66.2. The van der Waals surface area contributed by atoms with E-state index in [0.29, 0.717) is 35.4 Å². The Morgan fingerprint density at radius 1 is 0.182 bits per heavy atom. The van der Waals surface area contributed by atoms with E-state index < -0.39 is 8.07 Å². The van der Waals surface area contributed by atoms with Gasteiger partial charge in [0.05, 0.1) is 60.9 Å². The van der Waals surface area contributed by atoms with Gasteiger partial charge in [-0.15, -0.1) is 0 Å². The number of benzene rings is 15. The molecular formula is C98H71N11Si. The predicted molar refractivity (Wildman–Crippen MR) is 459 cm³/mol. The molecule has 0 atom stereocenters. The molecule has 22 rings (SSSR count). The average molecular weight is 1430 g/mol. The normalized spacial score (nSPS) is 11.7. The van der Waals surface area contributed by atoms with E-state index in [1.165, 1.54) is 31.5 Å². The van der Waals surface area contributed by atoms with Crippen LogP contribution in [-0.2, 0) is 0 Å². The van der Waals surface area contributed by atoms with Crippen LogP contribution in [0.25, 0.3) is 161 Å². The lowest BCUT2D eigenvalue weighted by atomic mass is 10.1. The van der Waals surface area contributed by atoms with Gasteiger partial charge in [-0.3, -0.25) is 18.3 Å². The Labute approximate surface area is 635 Å². The van der Waals surface area contributed by atoms with E-state index in [2.05, 4.69) is 405 Å². The maximum Gasteiger partial charge on any atom is 0.240 e. The van der Waals surface area contributed by atoms with Gasteiger partial charge in [-0.1, -0.05) is 324 Å². The quantitative estimate of drug-likeness (QED) is 0.0944. The van der Waals surface area contributed by atoms with Crippen LogP contribution < -0.4 is 20.7 Å². The minimum atomic E-state index is -2.82. The fraction of sp³-hybridized carbons (Fsp3) is 0.0204. The van der Waals surface area contributed by atoms with Gasteiger partial charge in [0.1, 0.15) is 0 Å². The zero-order valence-corrected chi connectivity index (χ0v) is 59.3. The zero-order valence-electron chi connectivity index (χ0n) is 58.3. The van der Waals surface area contributed by atoms with Gasteiger partial charge < -0.3 is 4.57 Å². The lowest BCUT2D eigenvalue weighted by Gasteiger charge is -2.34. The molecule has 0 amide bonds. The molecule has 0 radical (unpaired) electrons. The van der Waals surface area contributed by atoms with E-state index in [-0.39, 0.29) is 14.9 Å². The second-order valence-corrected chi connectivity index (χ2v) is 31.1. The van der Waals surface area contributed by atoms with E-state index in [9.17, 15) is 0 Å². The molecule has 0 aliphatic carbocycles. The summed E-state index contributed by atoms with van der Waals surface area (Å²) in [6.45, 7) is 0. The summed E-state index contributed by atoms with van der Waals surface area (Å²) in [6.07, 6.45) is 0. The van der Waals surface area contributed by atoms with Gasteiger partial charge >= 0.3 is 0 Å². The van der Waals surface area contributed by atoms with Gasteiger partial charge in [0, 0.05) is 65.0 Å². The third-order valence-corrected chi connectivity index (χ3v) is 26.3. The number of rotatable bonds is 11. The summed E-state index contributed by atoms with van der Waals surface area (Å²) in [5, 5.41) is 16.8. The maximum atomic E-state index is 5.40. The van der Waals surface area contributed by atoms with Crippen molar-refractivity contribution in [3.8, 4) is 52.3 Å². The molecule has 0 N–H and O–H groups in total. The highest BCUT2D eigenvalue weighted by Gasteiger charge is 2.42. The molecule has 522 valence electrons. The summed E-state index contributed by atoms with van der Waals surface area (Å²) in [5.41, 5.74) is 13.4. The number of para-hydroxylation sites is 11. The number of hydrogen-bond donors (Lipinski definition) is 0. The summed E-state index contributed by atoms with van der Waals surface area (Å²) in [7, 11) is -2.82. The van der Waals surface area contributed by atoms with Crippen molar-refractivity contribution in [3.05, 3.63) is 382 Å². The van der Waals surface area contributed by atoms with Crippen LogP contribution in [0.3, 0.4) is 0 Å². The van der Waals surface area contributed by atoms with Crippen LogP contribution in [0, 0.1) is 0 Å². The monoisotopic (exact) mass is 1430 g/mol. The fourth-order valence-electron chi connectivity index (χ4n) is 16.9. The number of nitrogens with zero attached hydrogens (tertiary/aromatic N) is 11. The second kappa shape index (κ2) is 27.2. The minimum Gasteiger partial charge on any atom is -0.309 e. The van der Waals surface area contributed by atoms with Crippen LogP contribution in [0.4, 0.5) is 0 Å². The Hall–Kier alpha value is -14.5. The highest BCUT2D eigenvalue weighted by atomic mass is 28.3. The van der Waals surface area contributed by atoms with Crippen molar-refractivity contribution in [1.29, 1.82) is 0 Å². The Kier molecular flexibility index (Phi) is 16.3. The fourth-order valence-corrected chi connectivity index (χ4v) is 21.7. The van der Waals surface area contributed by atoms with Crippen molar-refractivity contribution in [2.24, 2.45) is 0 Å². The molecule has 12 heteroatoms. The van der Waals surface area contributed by atoms with E-state index in [4.69, 9.17) is 29.9 Å². The van der Waals surface area contributed by atoms with Crippen LogP contribution >= 0.6 is 0 Å². The van der Waals surface area contributed by atoms with Crippen molar-refractivity contribution < 1.29 is 0 Å². The summed E-state index contributed by atoms with van der Waals surface area (Å²) in [5.74, 6) is 3.46. The van der Waals surface area contributed by atoms with Gasteiger partial charge in [-0.2, -0.15) is 29.9 Å². The van der Waals surface area contributed by atoms with E-state index in [1.54, 1.807) is 0 Å². The molecule has 7 aromatic heterocycles. The Morgan fingerprint density at radius 3 is 0.700 bits per heavy atom. The molecular weight excluding hydrogens is 1360 g/mol. The van der Waals surface area contributed by atoms with E-state index >= 15 is 0 Å². The molecule has 110 heavy (non-hydrogen) atoms.